The maximum atomic E-state index is 12.7. The van der Waals surface area contributed by atoms with Crippen molar-refractivity contribution in [1.82, 2.24) is 30.2 Å². The number of phosphoric ester groups is 3. The molecule has 1 aromatic carbocycles. The minimum atomic E-state index is -5.59. The summed E-state index contributed by atoms with van der Waals surface area (Å²) in [5.74, 6) is -2.10. The molecule has 30 heteroatoms. The first-order chi connectivity index (χ1) is 26.9. The van der Waals surface area contributed by atoms with Crippen molar-refractivity contribution in [2.45, 2.75) is 50.9 Å². The second-order valence-electron chi connectivity index (χ2n) is 12.9. The quantitative estimate of drug-likeness (QED) is 0.0497. The summed E-state index contributed by atoms with van der Waals surface area (Å²) in [6.45, 7) is 0.162. The summed E-state index contributed by atoms with van der Waals surface area (Å²) < 4.78 is 62.0. The van der Waals surface area contributed by atoms with Gasteiger partial charge in [0.15, 0.2) is 17.7 Å². The molecule has 1 aliphatic rings. The summed E-state index contributed by atoms with van der Waals surface area (Å²) in [7, 11) is -16.5. The van der Waals surface area contributed by atoms with Gasteiger partial charge in [-0.25, -0.2) is 28.6 Å². The van der Waals surface area contributed by atoms with Gasteiger partial charge in [0.1, 0.15) is 47.8 Å². The fourth-order valence-electron chi connectivity index (χ4n) is 5.04. The van der Waals surface area contributed by atoms with Gasteiger partial charge < -0.3 is 61.1 Å². The van der Waals surface area contributed by atoms with Crippen molar-refractivity contribution >= 4 is 69.1 Å². The third kappa shape index (κ3) is 12.9. The van der Waals surface area contributed by atoms with Crippen LogP contribution < -0.4 is 16.4 Å². The Bertz CT molecular complexity index is 2120. The van der Waals surface area contributed by atoms with E-state index in [1.165, 1.54) is 26.0 Å². The molecule has 0 radical (unpaired) electrons. The fraction of sp³-hybridized carbons (Fsp3) is 0.500. The number of carbonyl (C=O) groups is 3. The topological polar surface area (TPSA) is 404 Å². The molecule has 4 rings (SSSR count). The Kier molecular flexibility index (Phi) is 15.6. The number of imidazole rings is 1. The van der Waals surface area contributed by atoms with Gasteiger partial charge in [-0.1, -0.05) is 25.6 Å². The molecule has 2 amide bonds. The number of hydrogen-bond acceptors (Lipinski definition) is 20. The summed E-state index contributed by atoms with van der Waals surface area (Å²) in [4.78, 5) is 87.8. The highest BCUT2D eigenvalue weighted by Crippen LogP contribution is 2.61. The summed E-state index contributed by atoms with van der Waals surface area (Å²) in [6.07, 6.45) is -7.12. The minimum Gasteiger partial charge on any atom is -0.508 e. The maximum Gasteiger partial charge on any atom is 0.481 e. The van der Waals surface area contributed by atoms with Crippen LogP contribution in [-0.2, 0) is 45.9 Å². The van der Waals surface area contributed by atoms with E-state index in [0.717, 1.165) is 35.0 Å². The molecular formula is C28H40N7O19P3S. The zero-order chi connectivity index (χ0) is 43.2. The predicted molar refractivity (Wildman–Crippen MR) is 196 cm³/mol. The Morgan fingerprint density at radius 2 is 1.72 bits per heavy atom. The molecule has 7 atom stereocenters. The number of phenols is 2. The van der Waals surface area contributed by atoms with Crippen molar-refractivity contribution < 1.29 is 90.7 Å². The number of phosphoric acid groups is 3. The van der Waals surface area contributed by atoms with Crippen LogP contribution in [-0.4, -0.2) is 133 Å². The van der Waals surface area contributed by atoms with E-state index in [2.05, 4.69) is 34.4 Å². The number of nitrogens with two attached hydrogens (primary N) is 1. The summed E-state index contributed by atoms with van der Waals surface area (Å²) in [6, 6.07) is 3.48. The molecule has 2 aromatic heterocycles. The van der Waals surface area contributed by atoms with Gasteiger partial charge in [0.2, 0.25) is 16.9 Å². The van der Waals surface area contributed by atoms with Crippen LogP contribution in [0.4, 0.5) is 5.82 Å². The van der Waals surface area contributed by atoms with Crippen molar-refractivity contribution in [2.75, 3.05) is 37.8 Å². The number of ether oxygens (including phenoxy) is 1. The Morgan fingerprint density at radius 3 is 2.40 bits per heavy atom. The van der Waals surface area contributed by atoms with Crippen molar-refractivity contribution in [3.63, 3.8) is 0 Å². The molecule has 3 aromatic rings. The monoisotopic (exact) mass is 903 g/mol. The number of aromatic nitrogens is 4. The van der Waals surface area contributed by atoms with Gasteiger partial charge in [-0.2, -0.15) is 4.31 Å². The van der Waals surface area contributed by atoms with Crippen molar-refractivity contribution in [1.29, 1.82) is 0 Å². The molecule has 322 valence electrons. The number of aliphatic hydroxyl groups excluding tert-OH is 2. The maximum absolute atomic E-state index is 12.7. The number of rotatable bonds is 20. The van der Waals surface area contributed by atoms with Crippen LogP contribution in [0, 0.1) is 5.41 Å². The SMILES string of the molecule is CC(C)(COP(=O)(O)OP(=O)(O)OCC1OC(n2cnc3c(N)ncnc32)C(O)C1OP(=O)(O)O)C(O)C(=O)NCCC(=O)NCCSC(=O)c1ccc(O)cc1O. The van der Waals surface area contributed by atoms with Crippen molar-refractivity contribution in [2.24, 2.45) is 5.41 Å². The highest BCUT2D eigenvalue weighted by Gasteiger charge is 2.50. The molecule has 58 heavy (non-hydrogen) atoms. The van der Waals surface area contributed by atoms with Gasteiger partial charge >= 0.3 is 23.5 Å². The number of nitrogens with zero attached hydrogens (tertiary/aromatic N) is 4. The molecule has 0 bridgehead atoms. The molecular weight excluding hydrogens is 863 g/mol. The molecule has 1 fully saturated rings. The molecule has 0 saturated carbocycles. The largest absolute Gasteiger partial charge is 0.508 e. The molecule has 1 saturated heterocycles. The number of phenolic OH excluding ortho intramolecular Hbond substituents is 2. The highest BCUT2D eigenvalue weighted by molar-refractivity contribution is 8.14. The lowest BCUT2D eigenvalue weighted by atomic mass is 9.87. The summed E-state index contributed by atoms with van der Waals surface area (Å²) in [5.41, 5.74) is 4.17. The number of thioether (sulfide) groups is 1. The second kappa shape index (κ2) is 19.2. The number of anilines is 1. The van der Waals surface area contributed by atoms with Crippen LogP contribution in [0.1, 0.15) is 36.9 Å². The Morgan fingerprint density at radius 1 is 1.03 bits per heavy atom. The first kappa shape index (κ1) is 47.1. The fourth-order valence-corrected chi connectivity index (χ4v) is 8.59. The van der Waals surface area contributed by atoms with Gasteiger partial charge in [-0.3, -0.25) is 32.5 Å². The van der Waals surface area contributed by atoms with Crippen LogP contribution in [0.5, 0.6) is 11.5 Å². The van der Waals surface area contributed by atoms with E-state index >= 15 is 0 Å². The van der Waals surface area contributed by atoms with E-state index in [4.69, 9.17) is 19.5 Å². The van der Waals surface area contributed by atoms with E-state index in [1.807, 2.05) is 0 Å². The molecule has 1 aliphatic heterocycles. The zero-order valence-electron chi connectivity index (χ0n) is 30.2. The number of nitrogens with one attached hydrogen (secondary N) is 2. The standard InChI is InChI=1S/C28H40N7O19P3S/c1-28(2,22(40)25(41)31-6-5-18(38)30-7-8-58-27(42)15-4-3-14(36)9-16(15)37)11-51-57(48,49)54-56(46,47)50-10-17-21(53-55(43,44)45)20(39)26(52-17)35-13-34-19-23(29)32-12-33-24(19)35/h3-4,9,12-13,17,20-22,26,36-37,39-40H,5-8,10-11H2,1-2H3,(H,30,38)(H,31,41)(H,46,47)(H,48,49)(H2,29,32,33)(H2,43,44,45). The van der Waals surface area contributed by atoms with E-state index in [1.54, 1.807) is 0 Å². The Labute approximate surface area is 331 Å². The number of aromatic hydroxyl groups is 2. The third-order valence-electron chi connectivity index (χ3n) is 7.94. The van der Waals surface area contributed by atoms with Gasteiger partial charge in [0.25, 0.3) is 0 Å². The zero-order valence-corrected chi connectivity index (χ0v) is 33.7. The molecule has 3 heterocycles. The molecule has 26 nitrogen and oxygen atoms in total. The van der Waals surface area contributed by atoms with Crippen molar-refractivity contribution in [3.8, 4) is 11.5 Å². The summed E-state index contributed by atoms with van der Waals surface area (Å²) in [5, 5.41) is 44.9. The van der Waals surface area contributed by atoms with E-state index in [0.29, 0.717) is 0 Å². The van der Waals surface area contributed by atoms with Crippen LogP contribution in [0.3, 0.4) is 0 Å². The third-order valence-corrected chi connectivity index (χ3v) is 11.9. The Balaban J connectivity index is 1.22. The normalized spacial score (nSPS) is 21.2. The smallest absolute Gasteiger partial charge is 0.481 e. The average Bonchev–Trinajstić information content (AvgIpc) is 3.68. The second-order valence-corrected chi connectivity index (χ2v) is 18.2. The van der Waals surface area contributed by atoms with Crippen LogP contribution in [0.2, 0.25) is 0 Å². The molecule has 0 spiro atoms. The molecule has 12 N–H and O–H groups in total. The summed E-state index contributed by atoms with van der Waals surface area (Å²) >= 11 is 0.802. The lowest BCUT2D eigenvalue weighted by Gasteiger charge is -2.30. The van der Waals surface area contributed by atoms with Gasteiger partial charge in [-0.05, 0) is 12.1 Å². The van der Waals surface area contributed by atoms with Gasteiger partial charge in [-0.15, -0.1) is 0 Å². The average molecular weight is 904 g/mol. The number of fused-ring (bicyclic) bond motifs is 1. The van der Waals surface area contributed by atoms with Gasteiger partial charge in [0.05, 0.1) is 25.1 Å². The van der Waals surface area contributed by atoms with Gasteiger partial charge in [0, 0.05) is 36.7 Å². The number of hydrogen-bond donors (Lipinski definition) is 11. The van der Waals surface area contributed by atoms with E-state index in [9.17, 15) is 68.1 Å². The number of amides is 2. The van der Waals surface area contributed by atoms with Crippen LogP contribution in [0.25, 0.3) is 11.2 Å². The number of carbonyl (C=O) groups excluding carboxylic acids is 3. The van der Waals surface area contributed by atoms with Crippen LogP contribution in [0.15, 0.2) is 30.9 Å². The highest BCUT2D eigenvalue weighted by atomic mass is 32.2. The first-order valence-corrected chi connectivity index (χ1v) is 22.0. The lowest BCUT2D eigenvalue weighted by Crippen LogP contribution is -2.46. The number of nitrogen functional groups attached to an aromatic ring is 1. The lowest BCUT2D eigenvalue weighted by molar-refractivity contribution is -0.137. The molecule has 0 aliphatic carbocycles. The van der Waals surface area contributed by atoms with Crippen LogP contribution >= 0.6 is 35.2 Å². The molecule has 7 unspecified atom stereocenters. The van der Waals surface area contributed by atoms with Crippen molar-refractivity contribution in [3.05, 3.63) is 36.4 Å². The van der Waals surface area contributed by atoms with E-state index < -0.39 is 95.4 Å². The number of aliphatic hydroxyl groups is 2. The number of benzene rings is 1. The first-order valence-electron chi connectivity index (χ1n) is 16.5. The Hall–Kier alpha value is -3.62. The minimum absolute atomic E-state index is 0.0190. The predicted octanol–water partition coefficient (Wildman–Crippen LogP) is -0.610. The van der Waals surface area contributed by atoms with E-state index in [-0.39, 0.29) is 53.6 Å².